The number of pyridine rings is 1. The van der Waals surface area contributed by atoms with Gasteiger partial charge in [0.25, 0.3) is 0 Å². The van der Waals surface area contributed by atoms with Crippen LogP contribution in [0.1, 0.15) is 40.4 Å². The van der Waals surface area contributed by atoms with Crippen LogP contribution in [0.4, 0.5) is 10.1 Å². The Labute approximate surface area is 190 Å². The zero-order valence-corrected chi connectivity index (χ0v) is 18.3. The number of anilines is 1. The van der Waals surface area contributed by atoms with Gasteiger partial charge in [-0.05, 0) is 36.1 Å². The molecule has 0 bridgehead atoms. The van der Waals surface area contributed by atoms with E-state index in [2.05, 4.69) is 17.0 Å². The number of piperazine rings is 1. The van der Waals surface area contributed by atoms with E-state index in [9.17, 15) is 14.7 Å². The molecule has 1 aromatic heterocycles. The fraction of sp³-hybridized carbons (Fsp3) is 0.360. The summed E-state index contributed by atoms with van der Waals surface area (Å²) in [5.74, 6) is -1.77. The first-order chi connectivity index (χ1) is 15.9. The van der Waals surface area contributed by atoms with Gasteiger partial charge in [0.15, 0.2) is 0 Å². The molecule has 1 saturated heterocycles. The Kier molecular flexibility index (Phi) is 5.64. The summed E-state index contributed by atoms with van der Waals surface area (Å²) in [4.78, 5) is 28.6. The summed E-state index contributed by atoms with van der Waals surface area (Å²) in [7, 11) is 0. The lowest BCUT2D eigenvalue weighted by Gasteiger charge is -2.36. The van der Waals surface area contributed by atoms with Crippen molar-refractivity contribution in [3.63, 3.8) is 0 Å². The van der Waals surface area contributed by atoms with Crippen LogP contribution in [0.25, 0.3) is 10.9 Å². The van der Waals surface area contributed by atoms with E-state index in [1.165, 1.54) is 17.8 Å². The number of benzene rings is 2. The van der Waals surface area contributed by atoms with Crippen molar-refractivity contribution in [1.82, 2.24) is 9.47 Å². The lowest BCUT2D eigenvalue weighted by atomic mass is 10.1. The predicted octanol–water partition coefficient (Wildman–Crippen LogP) is 2.95. The van der Waals surface area contributed by atoms with Gasteiger partial charge in [-0.3, -0.25) is 9.69 Å². The number of halogens is 1. The summed E-state index contributed by atoms with van der Waals surface area (Å²) in [6.07, 6.45) is 3.27. The highest BCUT2D eigenvalue weighted by atomic mass is 19.1. The molecular formula is C25H27FN4O3. The van der Waals surface area contributed by atoms with Crippen LogP contribution in [0, 0.1) is 5.82 Å². The number of carbonyl (C=O) groups is 1. The second-order valence-electron chi connectivity index (χ2n) is 8.92. The smallest absolute Gasteiger partial charge is 0.341 e. The first-order valence-electron chi connectivity index (χ1n) is 11.3. The molecule has 3 N–H and O–H groups in total. The highest BCUT2D eigenvalue weighted by Crippen LogP contribution is 2.38. The van der Waals surface area contributed by atoms with E-state index in [-0.39, 0.29) is 17.0 Å². The molecule has 2 aromatic carbocycles. The van der Waals surface area contributed by atoms with Gasteiger partial charge in [-0.1, -0.05) is 24.3 Å². The van der Waals surface area contributed by atoms with Crippen molar-refractivity contribution < 1.29 is 14.3 Å². The SMILES string of the molecule is NCc1ccc(CN2CCN(c3cc4c(cc3F)c(=O)c(C(=O)O)cn4C3CC3)CC2)cc1. The van der Waals surface area contributed by atoms with E-state index in [0.717, 1.165) is 38.0 Å². The van der Waals surface area contributed by atoms with Gasteiger partial charge in [0, 0.05) is 56.9 Å². The topological polar surface area (TPSA) is 91.8 Å². The first-order valence-corrected chi connectivity index (χ1v) is 11.3. The van der Waals surface area contributed by atoms with Gasteiger partial charge in [0.1, 0.15) is 11.4 Å². The molecule has 0 spiro atoms. The van der Waals surface area contributed by atoms with Gasteiger partial charge in [-0.2, -0.15) is 0 Å². The van der Waals surface area contributed by atoms with Crippen LogP contribution in [0.3, 0.4) is 0 Å². The Morgan fingerprint density at radius 2 is 1.73 bits per heavy atom. The molecule has 5 rings (SSSR count). The van der Waals surface area contributed by atoms with Crippen LogP contribution in [0.15, 0.2) is 47.4 Å². The third-order valence-corrected chi connectivity index (χ3v) is 6.65. The summed E-state index contributed by atoms with van der Waals surface area (Å²) >= 11 is 0. The Bertz CT molecular complexity index is 1260. The molecule has 0 atom stereocenters. The number of rotatable bonds is 6. The number of aromatic carboxylic acids is 1. The van der Waals surface area contributed by atoms with Crippen LogP contribution in [-0.4, -0.2) is 46.7 Å². The van der Waals surface area contributed by atoms with E-state index in [1.807, 2.05) is 21.6 Å². The van der Waals surface area contributed by atoms with Gasteiger partial charge in [-0.25, -0.2) is 9.18 Å². The third-order valence-electron chi connectivity index (χ3n) is 6.65. The predicted molar refractivity (Wildman–Crippen MR) is 125 cm³/mol. The molecule has 2 aliphatic rings. The molecule has 3 aromatic rings. The van der Waals surface area contributed by atoms with Crippen molar-refractivity contribution in [3.05, 3.63) is 75.3 Å². The molecule has 8 heteroatoms. The maximum atomic E-state index is 15.1. The molecule has 172 valence electrons. The number of hydrogen-bond donors (Lipinski definition) is 2. The average Bonchev–Trinajstić information content (AvgIpc) is 3.66. The average molecular weight is 451 g/mol. The van der Waals surface area contributed by atoms with Crippen LogP contribution in [0.5, 0.6) is 0 Å². The molecule has 1 aliphatic carbocycles. The Morgan fingerprint density at radius 1 is 1.06 bits per heavy atom. The van der Waals surface area contributed by atoms with Crippen molar-refractivity contribution in [2.45, 2.75) is 32.0 Å². The van der Waals surface area contributed by atoms with Gasteiger partial charge in [0.05, 0.1) is 11.2 Å². The lowest BCUT2D eigenvalue weighted by molar-refractivity contribution is 0.0695. The summed E-state index contributed by atoms with van der Waals surface area (Å²) in [6.45, 7) is 4.29. The number of aromatic nitrogens is 1. The Hall–Kier alpha value is -3.23. The number of carboxylic acid groups (broad SMARTS) is 1. The maximum absolute atomic E-state index is 15.1. The summed E-state index contributed by atoms with van der Waals surface area (Å²) in [5, 5.41) is 9.54. The molecule has 0 amide bonds. The Balaban J connectivity index is 1.38. The minimum absolute atomic E-state index is 0.127. The normalized spacial score (nSPS) is 17.0. The largest absolute Gasteiger partial charge is 0.477 e. The second-order valence-corrected chi connectivity index (χ2v) is 8.92. The standard InChI is InChI=1S/C25H27FN4O3/c26-21-11-19-22(30(18-5-6-18)15-20(24(19)31)25(32)33)12-23(21)29-9-7-28(8-10-29)14-17-3-1-16(13-27)2-4-17/h1-4,11-12,15,18H,5-10,13-14,27H2,(H,32,33). The number of fused-ring (bicyclic) bond motifs is 1. The minimum Gasteiger partial charge on any atom is -0.477 e. The molecule has 0 unspecified atom stereocenters. The number of nitrogens with two attached hydrogens (primary N) is 1. The third kappa shape index (κ3) is 4.24. The fourth-order valence-electron chi connectivity index (χ4n) is 4.59. The maximum Gasteiger partial charge on any atom is 0.341 e. The molecule has 1 aliphatic heterocycles. The van der Waals surface area contributed by atoms with Crippen LogP contribution >= 0.6 is 0 Å². The molecule has 2 heterocycles. The van der Waals surface area contributed by atoms with Crippen LogP contribution < -0.4 is 16.1 Å². The minimum atomic E-state index is -1.28. The number of carboxylic acids is 1. The van der Waals surface area contributed by atoms with Crippen molar-refractivity contribution in [1.29, 1.82) is 0 Å². The van der Waals surface area contributed by atoms with Crippen molar-refractivity contribution in [3.8, 4) is 0 Å². The summed E-state index contributed by atoms with van der Waals surface area (Å²) < 4.78 is 17.0. The van der Waals surface area contributed by atoms with E-state index in [0.29, 0.717) is 30.8 Å². The van der Waals surface area contributed by atoms with Gasteiger partial charge in [-0.15, -0.1) is 0 Å². The van der Waals surface area contributed by atoms with Crippen LogP contribution in [0.2, 0.25) is 0 Å². The van der Waals surface area contributed by atoms with E-state index < -0.39 is 17.2 Å². The van der Waals surface area contributed by atoms with E-state index >= 15 is 4.39 Å². The quantitative estimate of drug-likeness (QED) is 0.600. The molecular weight excluding hydrogens is 423 g/mol. The monoisotopic (exact) mass is 450 g/mol. The molecule has 1 saturated carbocycles. The zero-order chi connectivity index (χ0) is 23.1. The van der Waals surface area contributed by atoms with Gasteiger partial charge in [0.2, 0.25) is 5.43 Å². The summed E-state index contributed by atoms with van der Waals surface area (Å²) in [5.41, 5.74) is 8.12. The zero-order valence-electron chi connectivity index (χ0n) is 18.3. The number of nitrogens with zero attached hydrogens (tertiary/aromatic N) is 3. The Morgan fingerprint density at radius 3 is 2.33 bits per heavy atom. The van der Waals surface area contributed by atoms with Crippen molar-refractivity contribution >= 4 is 22.6 Å². The fourth-order valence-corrected chi connectivity index (χ4v) is 4.59. The van der Waals surface area contributed by atoms with E-state index in [4.69, 9.17) is 5.73 Å². The van der Waals surface area contributed by atoms with Gasteiger partial charge >= 0.3 is 5.97 Å². The molecule has 2 fully saturated rings. The summed E-state index contributed by atoms with van der Waals surface area (Å²) in [6, 6.07) is 11.4. The van der Waals surface area contributed by atoms with E-state index in [1.54, 1.807) is 6.07 Å². The van der Waals surface area contributed by atoms with Crippen molar-refractivity contribution in [2.75, 3.05) is 31.1 Å². The number of hydrogen-bond acceptors (Lipinski definition) is 5. The highest BCUT2D eigenvalue weighted by molar-refractivity contribution is 5.93. The first kappa shape index (κ1) is 21.6. The molecule has 0 radical (unpaired) electrons. The highest BCUT2D eigenvalue weighted by Gasteiger charge is 2.28. The second kappa shape index (κ2) is 8.61. The van der Waals surface area contributed by atoms with Gasteiger partial charge < -0.3 is 20.3 Å². The van der Waals surface area contributed by atoms with Crippen molar-refractivity contribution in [2.24, 2.45) is 5.73 Å². The van der Waals surface area contributed by atoms with Crippen LogP contribution in [-0.2, 0) is 13.1 Å². The lowest BCUT2D eigenvalue weighted by Crippen LogP contribution is -2.46. The molecule has 7 nitrogen and oxygen atoms in total. The molecule has 33 heavy (non-hydrogen) atoms.